The van der Waals surface area contributed by atoms with E-state index in [4.69, 9.17) is 5.73 Å². The minimum absolute atomic E-state index is 0.00389. The second-order valence-corrected chi connectivity index (χ2v) is 5.98. The molecule has 18 heavy (non-hydrogen) atoms. The fourth-order valence-corrected chi connectivity index (χ4v) is 2.19. The van der Waals surface area contributed by atoms with E-state index in [9.17, 15) is 0 Å². The zero-order chi connectivity index (χ0) is 13.2. The molecule has 1 atom stereocenters. The average Bonchev–Trinajstić information content (AvgIpc) is 2.27. The molecule has 0 spiro atoms. The van der Waals surface area contributed by atoms with Crippen molar-refractivity contribution < 1.29 is 0 Å². The number of rotatable bonds is 2. The van der Waals surface area contributed by atoms with Gasteiger partial charge in [-0.3, -0.25) is 0 Å². The normalized spacial score (nSPS) is 20.9. The van der Waals surface area contributed by atoms with E-state index in [-0.39, 0.29) is 11.6 Å². The summed E-state index contributed by atoms with van der Waals surface area (Å²) in [6.45, 7) is 8.26. The molecule has 0 aliphatic carbocycles. The summed E-state index contributed by atoms with van der Waals surface area (Å²) < 4.78 is 0. The van der Waals surface area contributed by atoms with Gasteiger partial charge < -0.3 is 16.0 Å². The van der Waals surface area contributed by atoms with Gasteiger partial charge in [0, 0.05) is 30.7 Å². The largest absolute Gasteiger partial charge is 0.365 e. The molecule has 5 nitrogen and oxygen atoms in total. The lowest BCUT2D eigenvalue weighted by atomic mass is 10.1. The summed E-state index contributed by atoms with van der Waals surface area (Å²) in [6.07, 6.45) is 3.85. The topological polar surface area (TPSA) is 67.1 Å². The molecule has 1 aromatic heterocycles. The Balaban J connectivity index is 2.11. The minimum atomic E-state index is 0.00389. The van der Waals surface area contributed by atoms with Crippen LogP contribution in [0.3, 0.4) is 0 Å². The van der Waals surface area contributed by atoms with Crippen LogP contribution in [0.1, 0.15) is 33.6 Å². The third kappa shape index (κ3) is 3.57. The zero-order valence-corrected chi connectivity index (χ0v) is 11.5. The van der Waals surface area contributed by atoms with Crippen LogP contribution < -0.4 is 16.0 Å². The van der Waals surface area contributed by atoms with Crippen molar-refractivity contribution in [1.29, 1.82) is 0 Å². The molecule has 0 radical (unpaired) electrons. The molecule has 1 aromatic rings. The fourth-order valence-electron chi connectivity index (χ4n) is 2.19. The van der Waals surface area contributed by atoms with Gasteiger partial charge in [-0.1, -0.05) is 0 Å². The van der Waals surface area contributed by atoms with Crippen LogP contribution in [-0.2, 0) is 0 Å². The van der Waals surface area contributed by atoms with Gasteiger partial charge in [-0.15, -0.1) is 0 Å². The van der Waals surface area contributed by atoms with Crippen LogP contribution in [0, 0.1) is 0 Å². The first-order chi connectivity index (χ1) is 8.44. The van der Waals surface area contributed by atoms with E-state index < -0.39 is 0 Å². The molecular weight excluding hydrogens is 226 g/mol. The van der Waals surface area contributed by atoms with E-state index in [2.05, 4.69) is 41.0 Å². The van der Waals surface area contributed by atoms with Crippen LogP contribution in [0.4, 0.5) is 11.6 Å². The molecule has 2 rings (SSSR count). The SMILES string of the molecule is CC(C)(C)Nc1cc(N2CCCC(N)C2)ncn1. The quantitative estimate of drug-likeness (QED) is 0.833. The molecule has 100 valence electrons. The summed E-state index contributed by atoms with van der Waals surface area (Å²) in [6, 6.07) is 2.26. The molecule has 0 aromatic carbocycles. The Kier molecular flexibility index (Phi) is 3.71. The first-order valence-corrected chi connectivity index (χ1v) is 6.55. The summed E-state index contributed by atoms with van der Waals surface area (Å²) in [5, 5.41) is 3.36. The van der Waals surface area contributed by atoms with Gasteiger partial charge in [0.05, 0.1) is 0 Å². The molecule has 2 heterocycles. The Morgan fingerprint density at radius 3 is 2.83 bits per heavy atom. The van der Waals surface area contributed by atoms with Crippen molar-refractivity contribution in [3.8, 4) is 0 Å². The maximum absolute atomic E-state index is 6.00. The lowest BCUT2D eigenvalue weighted by molar-refractivity contribution is 0.503. The number of nitrogens with one attached hydrogen (secondary N) is 1. The molecule has 1 unspecified atom stereocenters. The van der Waals surface area contributed by atoms with Gasteiger partial charge >= 0.3 is 0 Å². The number of anilines is 2. The summed E-state index contributed by atoms with van der Waals surface area (Å²) in [7, 11) is 0. The number of nitrogens with two attached hydrogens (primary N) is 1. The standard InChI is InChI=1S/C13H23N5/c1-13(2,3)17-11-7-12(16-9-15-11)18-6-4-5-10(14)8-18/h7,9-10H,4-6,8,14H2,1-3H3,(H,15,16,17). The minimum Gasteiger partial charge on any atom is -0.365 e. The Hall–Kier alpha value is -1.36. The summed E-state index contributed by atoms with van der Waals surface area (Å²) in [5.74, 6) is 1.83. The number of piperidine rings is 1. The van der Waals surface area contributed by atoms with Crippen molar-refractivity contribution in [1.82, 2.24) is 9.97 Å². The Morgan fingerprint density at radius 1 is 1.39 bits per heavy atom. The second-order valence-electron chi connectivity index (χ2n) is 5.98. The second kappa shape index (κ2) is 5.10. The van der Waals surface area contributed by atoms with Crippen LogP contribution in [0.25, 0.3) is 0 Å². The Labute approximate surface area is 109 Å². The van der Waals surface area contributed by atoms with Crippen molar-refractivity contribution in [3.63, 3.8) is 0 Å². The van der Waals surface area contributed by atoms with Gasteiger partial charge in [-0.2, -0.15) is 0 Å². The van der Waals surface area contributed by atoms with Crippen molar-refractivity contribution in [2.24, 2.45) is 5.73 Å². The van der Waals surface area contributed by atoms with E-state index in [0.717, 1.165) is 37.6 Å². The van der Waals surface area contributed by atoms with Crippen LogP contribution in [0.5, 0.6) is 0 Å². The van der Waals surface area contributed by atoms with Crippen molar-refractivity contribution in [2.75, 3.05) is 23.3 Å². The maximum atomic E-state index is 6.00. The van der Waals surface area contributed by atoms with Gasteiger partial charge in [0.25, 0.3) is 0 Å². The van der Waals surface area contributed by atoms with Gasteiger partial charge in [-0.05, 0) is 33.6 Å². The van der Waals surface area contributed by atoms with Crippen LogP contribution in [0.15, 0.2) is 12.4 Å². The van der Waals surface area contributed by atoms with E-state index in [1.807, 2.05) is 6.07 Å². The van der Waals surface area contributed by atoms with Gasteiger partial charge in [-0.25, -0.2) is 9.97 Å². The zero-order valence-electron chi connectivity index (χ0n) is 11.5. The molecular formula is C13H23N5. The van der Waals surface area contributed by atoms with Crippen molar-refractivity contribution in [3.05, 3.63) is 12.4 Å². The Bertz CT molecular complexity index is 399. The van der Waals surface area contributed by atoms with Gasteiger partial charge in [0.1, 0.15) is 18.0 Å². The lowest BCUT2D eigenvalue weighted by Gasteiger charge is -2.32. The molecule has 0 saturated carbocycles. The summed E-state index contributed by atoms with van der Waals surface area (Å²) >= 11 is 0. The molecule has 1 saturated heterocycles. The van der Waals surface area contributed by atoms with E-state index >= 15 is 0 Å². The van der Waals surface area contributed by atoms with Gasteiger partial charge in [0.15, 0.2) is 0 Å². The number of hydrogen-bond acceptors (Lipinski definition) is 5. The van der Waals surface area contributed by atoms with Crippen molar-refractivity contribution >= 4 is 11.6 Å². The highest BCUT2D eigenvalue weighted by Crippen LogP contribution is 2.20. The fraction of sp³-hybridized carbons (Fsp3) is 0.692. The van der Waals surface area contributed by atoms with Crippen molar-refractivity contribution in [2.45, 2.75) is 45.2 Å². The molecule has 5 heteroatoms. The first kappa shape index (κ1) is 13.1. The lowest BCUT2D eigenvalue weighted by Crippen LogP contribution is -2.43. The highest BCUT2D eigenvalue weighted by atomic mass is 15.2. The highest BCUT2D eigenvalue weighted by Gasteiger charge is 2.19. The third-order valence-electron chi connectivity index (χ3n) is 2.94. The summed E-state index contributed by atoms with van der Waals surface area (Å²) in [4.78, 5) is 10.8. The van der Waals surface area contributed by atoms with Crippen LogP contribution in [-0.4, -0.2) is 34.6 Å². The molecule has 1 aliphatic rings. The highest BCUT2D eigenvalue weighted by molar-refractivity contribution is 5.49. The first-order valence-electron chi connectivity index (χ1n) is 6.55. The van der Waals surface area contributed by atoms with Gasteiger partial charge in [0.2, 0.25) is 0 Å². The molecule has 1 fully saturated rings. The predicted molar refractivity (Wildman–Crippen MR) is 74.8 cm³/mol. The number of nitrogens with zero attached hydrogens (tertiary/aromatic N) is 3. The van der Waals surface area contributed by atoms with E-state index in [1.165, 1.54) is 0 Å². The third-order valence-corrected chi connectivity index (χ3v) is 2.94. The summed E-state index contributed by atoms with van der Waals surface area (Å²) in [5.41, 5.74) is 6.01. The van der Waals surface area contributed by atoms with E-state index in [1.54, 1.807) is 6.33 Å². The monoisotopic (exact) mass is 249 g/mol. The Morgan fingerprint density at radius 2 is 2.17 bits per heavy atom. The molecule has 3 N–H and O–H groups in total. The smallest absolute Gasteiger partial charge is 0.134 e. The predicted octanol–water partition coefficient (Wildman–Crippen LogP) is 1.61. The van der Waals surface area contributed by atoms with E-state index in [0.29, 0.717) is 0 Å². The number of aromatic nitrogens is 2. The molecule has 0 amide bonds. The molecule has 1 aliphatic heterocycles. The van der Waals surface area contributed by atoms with Crippen LogP contribution in [0.2, 0.25) is 0 Å². The molecule has 0 bridgehead atoms. The maximum Gasteiger partial charge on any atom is 0.134 e. The number of hydrogen-bond donors (Lipinski definition) is 2. The average molecular weight is 249 g/mol. The van der Waals surface area contributed by atoms with Crippen LogP contribution >= 0.6 is 0 Å².